The summed E-state index contributed by atoms with van der Waals surface area (Å²) in [5, 5.41) is 3.38. The molecule has 0 aliphatic carbocycles. The molecule has 104 valence electrons. The highest BCUT2D eigenvalue weighted by atomic mass is 19.1. The Kier molecular flexibility index (Phi) is 4.97. The van der Waals surface area contributed by atoms with E-state index in [1.54, 1.807) is 6.07 Å². The third-order valence-corrected chi connectivity index (χ3v) is 3.57. The van der Waals surface area contributed by atoms with Gasteiger partial charge in [0.2, 0.25) is 0 Å². The van der Waals surface area contributed by atoms with Crippen molar-refractivity contribution >= 4 is 5.69 Å². The molecular weight excluding hydrogens is 239 g/mol. The monoisotopic (exact) mass is 262 g/mol. The van der Waals surface area contributed by atoms with Gasteiger partial charge in [-0.2, -0.15) is 0 Å². The lowest BCUT2D eigenvalue weighted by Gasteiger charge is -2.26. The molecule has 19 heavy (non-hydrogen) atoms. The van der Waals surface area contributed by atoms with Crippen LogP contribution >= 0.6 is 0 Å². The van der Waals surface area contributed by atoms with Gasteiger partial charge in [0.15, 0.2) is 0 Å². The molecule has 0 aromatic heterocycles. The summed E-state index contributed by atoms with van der Waals surface area (Å²) in [7, 11) is 0. The fourth-order valence-electron chi connectivity index (χ4n) is 2.39. The molecule has 2 rings (SSSR count). The van der Waals surface area contributed by atoms with E-state index in [-0.39, 0.29) is 11.9 Å². The molecule has 2 nitrogen and oxygen atoms in total. The van der Waals surface area contributed by atoms with E-state index in [2.05, 4.69) is 36.2 Å². The van der Waals surface area contributed by atoms with Crippen molar-refractivity contribution in [1.29, 1.82) is 0 Å². The maximum absolute atomic E-state index is 14.2. The van der Waals surface area contributed by atoms with E-state index >= 15 is 0 Å². The van der Waals surface area contributed by atoms with Crippen molar-refractivity contribution in [3.05, 3.63) is 41.7 Å². The molecule has 0 saturated heterocycles. The van der Waals surface area contributed by atoms with E-state index in [0.717, 1.165) is 43.7 Å². The number of benzene rings is 1. The Balaban J connectivity index is 2.10. The summed E-state index contributed by atoms with van der Waals surface area (Å²) in [6, 6.07) is 5.81. The van der Waals surface area contributed by atoms with Gasteiger partial charge in [-0.3, -0.25) is 0 Å². The minimum absolute atomic E-state index is 0.113. The first-order chi connectivity index (χ1) is 9.22. The van der Waals surface area contributed by atoms with Crippen LogP contribution in [0, 0.1) is 5.82 Å². The Hall–Kier alpha value is -1.35. The highest BCUT2D eigenvalue weighted by Gasteiger charge is 2.14. The molecule has 0 radical (unpaired) electrons. The van der Waals surface area contributed by atoms with Crippen LogP contribution in [0.15, 0.2) is 30.4 Å². The Labute approximate surface area is 115 Å². The van der Waals surface area contributed by atoms with Crippen molar-refractivity contribution < 1.29 is 4.39 Å². The second-order valence-corrected chi connectivity index (χ2v) is 5.09. The van der Waals surface area contributed by atoms with Crippen LogP contribution in [-0.4, -0.2) is 19.6 Å². The van der Waals surface area contributed by atoms with Gasteiger partial charge in [-0.05, 0) is 44.0 Å². The van der Waals surface area contributed by atoms with Crippen LogP contribution in [0.4, 0.5) is 10.1 Å². The van der Waals surface area contributed by atoms with Crippen LogP contribution in [-0.2, 0) is 0 Å². The molecule has 1 aliphatic rings. The van der Waals surface area contributed by atoms with Gasteiger partial charge >= 0.3 is 0 Å². The Morgan fingerprint density at radius 2 is 2.21 bits per heavy atom. The van der Waals surface area contributed by atoms with Crippen molar-refractivity contribution in [3.63, 3.8) is 0 Å². The maximum Gasteiger partial charge on any atom is 0.146 e. The van der Waals surface area contributed by atoms with E-state index in [4.69, 9.17) is 0 Å². The molecule has 1 heterocycles. The third-order valence-electron chi connectivity index (χ3n) is 3.57. The molecule has 3 heteroatoms. The van der Waals surface area contributed by atoms with Gasteiger partial charge < -0.3 is 10.2 Å². The number of rotatable bonds is 5. The second kappa shape index (κ2) is 6.71. The average molecular weight is 262 g/mol. The lowest BCUT2D eigenvalue weighted by atomic mass is 10.1. The first-order valence-electron chi connectivity index (χ1n) is 7.15. The van der Waals surface area contributed by atoms with E-state index in [0.29, 0.717) is 0 Å². The van der Waals surface area contributed by atoms with Crippen LogP contribution in [0.25, 0.3) is 0 Å². The Morgan fingerprint density at radius 1 is 1.37 bits per heavy atom. The third kappa shape index (κ3) is 3.57. The van der Waals surface area contributed by atoms with Gasteiger partial charge in [0, 0.05) is 19.1 Å². The molecular formula is C16H23FN2. The fourth-order valence-corrected chi connectivity index (χ4v) is 2.39. The van der Waals surface area contributed by atoms with E-state index in [9.17, 15) is 4.39 Å². The zero-order valence-corrected chi connectivity index (χ0v) is 11.8. The van der Waals surface area contributed by atoms with Gasteiger partial charge in [-0.1, -0.05) is 25.1 Å². The number of nitrogens with one attached hydrogen (secondary N) is 1. The second-order valence-electron chi connectivity index (χ2n) is 5.09. The summed E-state index contributed by atoms with van der Waals surface area (Å²) in [4.78, 5) is 2.09. The minimum atomic E-state index is -0.113. The molecule has 1 aromatic rings. The van der Waals surface area contributed by atoms with Gasteiger partial charge in [-0.15, -0.1) is 0 Å². The van der Waals surface area contributed by atoms with Crippen LogP contribution < -0.4 is 10.2 Å². The molecule has 1 aliphatic heterocycles. The first kappa shape index (κ1) is 14.1. The van der Waals surface area contributed by atoms with E-state index < -0.39 is 0 Å². The van der Waals surface area contributed by atoms with E-state index in [1.165, 1.54) is 0 Å². The molecule has 0 bridgehead atoms. The quantitative estimate of drug-likeness (QED) is 0.815. The molecule has 0 amide bonds. The van der Waals surface area contributed by atoms with E-state index in [1.807, 2.05) is 12.1 Å². The largest absolute Gasteiger partial charge is 0.365 e. The number of anilines is 1. The normalized spacial score (nSPS) is 16.7. The molecule has 1 N–H and O–H groups in total. The van der Waals surface area contributed by atoms with Crippen molar-refractivity contribution in [2.24, 2.45) is 0 Å². The van der Waals surface area contributed by atoms with Crippen LogP contribution in [0.5, 0.6) is 0 Å². The molecule has 0 fully saturated rings. The first-order valence-corrected chi connectivity index (χ1v) is 7.15. The minimum Gasteiger partial charge on any atom is -0.365 e. The van der Waals surface area contributed by atoms with Crippen molar-refractivity contribution in [2.45, 2.75) is 32.7 Å². The summed E-state index contributed by atoms with van der Waals surface area (Å²) in [5.74, 6) is -0.113. The van der Waals surface area contributed by atoms with Crippen LogP contribution in [0.1, 0.15) is 38.3 Å². The summed E-state index contributed by atoms with van der Waals surface area (Å²) in [6.07, 6.45) is 6.34. The topological polar surface area (TPSA) is 15.3 Å². The molecule has 1 unspecified atom stereocenters. The molecule has 0 saturated carbocycles. The van der Waals surface area contributed by atoms with Crippen LogP contribution in [0.3, 0.4) is 0 Å². The number of hydrogen-bond donors (Lipinski definition) is 1. The average Bonchev–Trinajstić information content (AvgIpc) is 2.45. The highest BCUT2D eigenvalue weighted by molar-refractivity contribution is 5.50. The smallest absolute Gasteiger partial charge is 0.146 e. The molecule has 1 aromatic carbocycles. The summed E-state index contributed by atoms with van der Waals surface area (Å²) < 4.78 is 14.2. The highest BCUT2D eigenvalue weighted by Crippen LogP contribution is 2.24. The van der Waals surface area contributed by atoms with Crippen molar-refractivity contribution in [2.75, 3.05) is 24.5 Å². The number of nitrogens with zero attached hydrogens (tertiary/aromatic N) is 1. The van der Waals surface area contributed by atoms with Gasteiger partial charge in [-0.25, -0.2) is 4.39 Å². The van der Waals surface area contributed by atoms with Gasteiger partial charge in [0.05, 0.1) is 5.69 Å². The predicted octanol–water partition coefficient (Wildman–Crippen LogP) is 3.65. The lowest BCUT2D eigenvalue weighted by Crippen LogP contribution is -2.27. The summed E-state index contributed by atoms with van der Waals surface area (Å²) >= 11 is 0. The van der Waals surface area contributed by atoms with Crippen LogP contribution in [0.2, 0.25) is 0 Å². The van der Waals surface area contributed by atoms with Crippen molar-refractivity contribution in [3.8, 4) is 0 Å². The Morgan fingerprint density at radius 3 is 2.84 bits per heavy atom. The van der Waals surface area contributed by atoms with Gasteiger partial charge in [0.25, 0.3) is 0 Å². The molecule has 1 atom stereocenters. The number of halogens is 1. The Bertz CT molecular complexity index is 442. The standard InChI is InChI=1S/C16H23FN2/c1-3-9-18-13(2)14-7-8-16(15(17)12-14)19-10-5-4-6-11-19/h4-5,7-8,12-13,18H,3,6,9-11H2,1-2H3. The zero-order chi connectivity index (χ0) is 13.7. The molecule has 0 spiro atoms. The summed E-state index contributed by atoms with van der Waals surface area (Å²) in [6.45, 7) is 6.87. The lowest BCUT2D eigenvalue weighted by molar-refractivity contribution is 0.561. The predicted molar refractivity (Wildman–Crippen MR) is 79.1 cm³/mol. The fraction of sp³-hybridized carbons (Fsp3) is 0.500. The van der Waals surface area contributed by atoms with Crippen molar-refractivity contribution in [1.82, 2.24) is 5.32 Å². The van der Waals surface area contributed by atoms with Gasteiger partial charge in [0.1, 0.15) is 5.82 Å². The number of hydrogen-bond acceptors (Lipinski definition) is 2. The zero-order valence-electron chi connectivity index (χ0n) is 11.8. The SMILES string of the molecule is CCCNC(C)c1ccc(N2CC=CCC2)c(F)c1. The summed E-state index contributed by atoms with van der Waals surface area (Å²) in [5.41, 5.74) is 1.73. The maximum atomic E-state index is 14.2.